The molecule has 1 aromatic heterocycles. The summed E-state index contributed by atoms with van der Waals surface area (Å²) in [6.07, 6.45) is 1.84. The maximum atomic E-state index is 12.8. The number of carboxylic acids is 1. The quantitative estimate of drug-likeness (QED) is 0.567. The van der Waals surface area contributed by atoms with Crippen molar-refractivity contribution in [3.05, 3.63) is 82.6 Å². The third-order valence-electron chi connectivity index (χ3n) is 6.41. The second-order valence-electron chi connectivity index (χ2n) is 8.54. The molecule has 0 bridgehead atoms. The molecule has 4 rings (SSSR count). The van der Waals surface area contributed by atoms with E-state index >= 15 is 0 Å². The van der Waals surface area contributed by atoms with Crippen LogP contribution in [-0.4, -0.2) is 41.0 Å². The van der Waals surface area contributed by atoms with Gasteiger partial charge < -0.3 is 15.7 Å². The zero-order chi connectivity index (χ0) is 22.6. The summed E-state index contributed by atoms with van der Waals surface area (Å²) in [6.45, 7) is 0.844. The number of nitrogens with zero attached hydrogens (tertiary/aromatic N) is 1. The number of aliphatic carboxylic acids is 1. The van der Waals surface area contributed by atoms with Gasteiger partial charge >= 0.3 is 5.97 Å². The summed E-state index contributed by atoms with van der Waals surface area (Å²) < 4.78 is 0. The van der Waals surface area contributed by atoms with Gasteiger partial charge in [-0.1, -0.05) is 60.7 Å². The van der Waals surface area contributed by atoms with Crippen LogP contribution in [0, 0.1) is 5.41 Å². The van der Waals surface area contributed by atoms with Crippen LogP contribution in [0.15, 0.2) is 72.1 Å². The molecule has 32 heavy (non-hydrogen) atoms. The van der Waals surface area contributed by atoms with Gasteiger partial charge in [0.25, 0.3) is 0 Å². The molecule has 0 radical (unpaired) electrons. The monoisotopic (exact) mass is 448 g/mol. The highest BCUT2D eigenvalue weighted by Gasteiger charge is 2.43. The molecule has 0 spiro atoms. The minimum Gasteiger partial charge on any atom is -0.481 e. The van der Waals surface area contributed by atoms with Crippen LogP contribution in [0.3, 0.4) is 0 Å². The number of carboxylic acid groups (broad SMARTS) is 1. The molecule has 2 aromatic carbocycles. The Balaban J connectivity index is 1.40. The minimum absolute atomic E-state index is 0.0930. The second-order valence-corrected chi connectivity index (χ2v) is 9.57. The third kappa shape index (κ3) is 4.92. The summed E-state index contributed by atoms with van der Waals surface area (Å²) in [7, 11) is 0. The van der Waals surface area contributed by atoms with Crippen LogP contribution in [-0.2, 0) is 22.4 Å². The summed E-state index contributed by atoms with van der Waals surface area (Å²) in [5, 5.41) is 12.0. The first-order valence-electron chi connectivity index (χ1n) is 10.9. The van der Waals surface area contributed by atoms with Gasteiger partial charge in [-0.25, -0.2) is 0 Å². The highest BCUT2D eigenvalue weighted by atomic mass is 32.1. The van der Waals surface area contributed by atoms with Crippen molar-refractivity contribution in [3.8, 4) is 11.1 Å². The molecular weight excluding hydrogens is 420 g/mol. The molecule has 0 unspecified atom stereocenters. The van der Waals surface area contributed by atoms with Gasteiger partial charge in [-0.05, 0) is 47.4 Å². The molecule has 1 saturated heterocycles. The van der Waals surface area contributed by atoms with E-state index < -0.39 is 17.4 Å². The van der Waals surface area contributed by atoms with E-state index in [0.29, 0.717) is 38.8 Å². The van der Waals surface area contributed by atoms with Gasteiger partial charge in [0.15, 0.2) is 0 Å². The van der Waals surface area contributed by atoms with Crippen molar-refractivity contribution >= 4 is 23.2 Å². The van der Waals surface area contributed by atoms with Gasteiger partial charge in [0, 0.05) is 24.4 Å². The van der Waals surface area contributed by atoms with E-state index in [4.69, 9.17) is 5.73 Å². The van der Waals surface area contributed by atoms with Gasteiger partial charge in [-0.15, -0.1) is 11.3 Å². The lowest BCUT2D eigenvalue weighted by molar-refractivity contribution is -0.154. The molecule has 1 atom stereocenters. The van der Waals surface area contributed by atoms with Gasteiger partial charge in [0.1, 0.15) is 0 Å². The number of rotatable bonds is 7. The number of thiophene rings is 1. The molecule has 1 aliphatic rings. The van der Waals surface area contributed by atoms with E-state index in [9.17, 15) is 14.7 Å². The molecule has 1 aliphatic heterocycles. The highest BCUT2D eigenvalue weighted by Crippen LogP contribution is 2.36. The summed E-state index contributed by atoms with van der Waals surface area (Å²) in [6, 6.07) is 21.6. The van der Waals surface area contributed by atoms with Crippen LogP contribution in [0.25, 0.3) is 11.1 Å². The topological polar surface area (TPSA) is 83.6 Å². The van der Waals surface area contributed by atoms with Crippen LogP contribution in [0.1, 0.15) is 23.3 Å². The van der Waals surface area contributed by atoms with E-state index in [1.807, 2.05) is 60.0 Å². The van der Waals surface area contributed by atoms with Gasteiger partial charge in [0.05, 0.1) is 11.5 Å². The zero-order valence-electron chi connectivity index (χ0n) is 17.9. The molecule has 1 fully saturated rings. The fourth-order valence-corrected chi connectivity index (χ4v) is 5.19. The number of hydrogen-bond acceptors (Lipinski definition) is 4. The van der Waals surface area contributed by atoms with Crippen molar-refractivity contribution in [1.29, 1.82) is 0 Å². The number of hydrogen-bond donors (Lipinski definition) is 2. The van der Waals surface area contributed by atoms with Crippen molar-refractivity contribution < 1.29 is 14.7 Å². The average Bonchev–Trinajstić information content (AvgIpc) is 3.33. The summed E-state index contributed by atoms with van der Waals surface area (Å²) in [5.74, 6) is -0.885. The normalized spacial score (nSPS) is 16.5. The zero-order valence-corrected chi connectivity index (χ0v) is 18.8. The van der Waals surface area contributed by atoms with Crippen molar-refractivity contribution in [2.45, 2.75) is 31.7 Å². The van der Waals surface area contributed by atoms with Crippen molar-refractivity contribution in [2.24, 2.45) is 11.1 Å². The van der Waals surface area contributed by atoms with Gasteiger partial charge in [0.2, 0.25) is 5.91 Å². The van der Waals surface area contributed by atoms with Crippen molar-refractivity contribution in [1.82, 2.24) is 4.90 Å². The summed E-state index contributed by atoms with van der Waals surface area (Å²) in [4.78, 5) is 27.9. The summed E-state index contributed by atoms with van der Waals surface area (Å²) >= 11 is 1.59. The lowest BCUT2D eigenvalue weighted by Crippen LogP contribution is -2.52. The Morgan fingerprint density at radius 2 is 1.62 bits per heavy atom. The Morgan fingerprint density at radius 1 is 0.969 bits per heavy atom. The predicted octanol–water partition coefficient (Wildman–Crippen LogP) is 4.22. The maximum absolute atomic E-state index is 12.8. The number of benzene rings is 2. The SMILES string of the molecule is N[C@@H](Cc1cccs1)C(=O)N1CCC(Cc2ccc(-c3ccccc3)cc2)(C(=O)O)CC1. The number of nitrogens with two attached hydrogens (primary N) is 1. The van der Waals surface area contributed by atoms with Crippen LogP contribution in [0.2, 0.25) is 0 Å². The van der Waals surface area contributed by atoms with Crippen molar-refractivity contribution in [2.75, 3.05) is 13.1 Å². The number of amides is 1. The van der Waals surface area contributed by atoms with Crippen LogP contribution in [0.4, 0.5) is 0 Å². The molecule has 3 aromatic rings. The Hall–Kier alpha value is -2.96. The average molecular weight is 449 g/mol. The number of carbonyl (C=O) groups is 2. The highest BCUT2D eigenvalue weighted by molar-refractivity contribution is 7.09. The molecule has 5 nitrogen and oxygen atoms in total. The Bertz CT molecular complexity index is 1040. The first-order valence-corrected chi connectivity index (χ1v) is 11.8. The predicted molar refractivity (Wildman–Crippen MR) is 127 cm³/mol. The fourth-order valence-electron chi connectivity index (χ4n) is 4.43. The molecule has 1 amide bonds. The molecule has 3 N–H and O–H groups in total. The molecular formula is C26H28N2O3S. The standard InChI is InChI=1S/C26H28N2O3S/c27-23(17-22-7-4-16-32-22)24(29)28-14-12-26(13-15-28,25(30)31)18-19-8-10-21(11-9-19)20-5-2-1-3-6-20/h1-11,16,23H,12-15,17-18,27H2,(H,30,31)/t23-/m0/s1. The van der Waals surface area contributed by atoms with Crippen LogP contribution in [0.5, 0.6) is 0 Å². The number of likely N-dealkylation sites (tertiary alicyclic amines) is 1. The van der Waals surface area contributed by atoms with Gasteiger partial charge in [-0.3, -0.25) is 9.59 Å². The number of piperidine rings is 1. The molecule has 2 heterocycles. The Labute approximate surface area is 192 Å². The number of carbonyl (C=O) groups excluding carboxylic acids is 1. The van der Waals surface area contributed by atoms with E-state index in [0.717, 1.165) is 21.6 Å². The molecule has 6 heteroatoms. The van der Waals surface area contributed by atoms with E-state index in [1.165, 1.54) is 0 Å². The lowest BCUT2D eigenvalue weighted by Gasteiger charge is -2.39. The Morgan fingerprint density at radius 3 is 2.22 bits per heavy atom. The van der Waals surface area contributed by atoms with E-state index in [1.54, 1.807) is 16.2 Å². The lowest BCUT2D eigenvalue weighted by atomic mass is 9.73. The third-order valence-corrected chi connectivity index (χ3v) is 7.31. The maximum Gasteiger partial charge on any atom is 0.310 e. The van der Waals surface area contributed by atoms with Crippen LogP contribution >= 0.6 is 11.3 Å². The minimum atomic E-state index is -0.858. The van der Waals surface area contributed by atoms with Gasteiger partial charge in [-0.2, -0.15) is 0 Å². The second kappa shape index (κ2) is 9.67. The van der Waals surface area contributed by atoms with Crippen LogP contribution < -0.4 is 5.73 Å². The largest absolute Gasteiger partial charge is 0.481 e. The summed E-state index contributed by atoms with van der Waals surface area (Å²) in [5.41, 5.74) is 8.54. The van der Waals surface area contributed by atoms with E-state index in [-0.39, 0.29) is 5.91 Å². The first kappa shape index (κ1) is 22.2. The molecule has 0 aliphatic carbocycles. The van der Waals surface area contributed by atoms with Crippen molar-refractivity contribution in [3.63, 3.8) is 0 Å². The smallest absolute Gasteiger partial charge is 0.310 e. The first-order chi connectivity index (χ1) is 15.5. The fraction of sp³-hybridized carbons (Fsp3) is 0.308. The Kier molecular flexibility index (Phi) is 6.72. The van der Waals surface area contributed by atoms with E-state index in [2.05, 4.69) is 12.1 Å². The molecule has 0 saturated carbocycles. The molecule has 166 valence electrons.